The summed E-state index contributed by atoms with van der Waals surface area (Å²) in [4.78, 5) is 12.6. The maximum absolute atomic E-state index is 12.9. The van der Waals surface area contributed by atoms with E-state index in [2.05, 4.69) is 13.8 Å². The minimum Gasteiger partial charge on any atom is -0.492 e. The van der Waals surface area contributed by atoms with E-state index in [1.807, 2.05) is 31.2 Å². The van der Waals surface area contributed by atoms with Crippen molar-refractivity contribution >= 4 is 15.8 Å². The zero-order valence-electron chi connectivity index (χ0n) is 16.1. The Labute approximate surface area is 156 Å². The lowest BCUT2D eigenvalue weighted by Gasteiger charge is -2.37. The first-order chi connectivity index (χ1) is 12.1. The monoisotopic (exact) mass is 379 g/mol. The number of Topliss-reactive ketones (excluding diaryl/α,β-unsaturated/α-hetero) is 1. The Kier molecular flexibility index (Phi) is 4.95. The quantitative estimate of drug-likeness (QED) is 0.730. The summed E-state index contributed by atoms with van der Waals surface area (Å²) in [5.74, 6) is 1.10. The van der Waals surface area contributed by atoms with Crippen molar-refractivity contribution in [2.75, 3.05) is 26.0 Å². The van der Waals surface area contributed by atoms with Crippen molar-refractivity contribution < 1.29 is 17.9 Å². The zero-order chi connectivity index (χ0) is 19.2. The van der Waals surface area contributed by atoms with Crippen LogP contribution in [0.3, 0.4) is 0 Å². The minimum absolute atomic E-state index is 0.0800. The molecule has 6 heteroatoms. The minimum atomic E-state index is -3.52. The molecule has 2 atom stereocenters. The molecule has 2 saturated carbocycles. The Balaban J connectivity index is 1.62. The fourth-order valence-electron chi connectivity index (χ4n) is 4.60. The maximum Gasteiger partial charge on any atom is 0.214 e. The van der Waals surface area contributed by atoms with Crippen LogP contribution in [0.25, 0.3) is 0 Å². The normalized spacial score (nSPS) is 27.3. The number of ketones is 1. The number of hydrogen-bond acceptors (Lipinski definition) is 4. The summed E-state index contributed by atoms with van der Waals surface area (Å²) in [6, 6.07) is 7.67. The molecule has 0 unspecified atom stereocenters. The number of hydrogen-bond donors (Lipinski definition) is 0. The number of likely N-dealkylation sites (N-methyl/N-ethyl adjacent to an activating group) is 1. The summed E-state index contributed by atoms with van der Waals surface area (Å²) in [6.07, 6.45) is 2.17. The molecule has 2 fully saturated rings. The highest BCUT2D eigenvalue weighted by Crippen LogP contribution is 2.64. The third kappa shape index (κ3) is 3.18. The summed E-state index contributed by atoms with van der Waals surface area (Å²) in [5.41, 5.74) is 0.189. The van der Waals surface area contributed by atoms with Gasteiger partial charge in [-0.2, -0.15) is 0 Å². The molecule has 1 aromatic carbocycles. The van der Waals surface area contributed by atoms with E-state index in [1.165, 1.54) is 4.31 Å². The van der Waals surface area contributed by atoms with E-state index in [-0.39, 0.29) is 30.1 Å². The van der Waals surface area contributed by atoms with E-state index in [4.69, 9.17) is 4.74 Å². The van der Waals surface area contributed by atoms with E-state index in [9.17, 15) is 13.2 Å². The highest BCUT2D eigenvalue weighted by molar-refractivity contribution is 7.89. The number of benzene rings is 1. The Morgan fingerprint density at radius 1 is 1.23 bits per heavy atom. The topological polar surface area (TPSA) is 63.7 Å². The van der Waals surface area contributed by atoms with Gasteiger partial charge < -0.3 is 4.74 Å². The highest BCUT2D eigenvalue weighted by atomic mass is 32.2. The zero-order valence-corrected chi connectivity index (χ0v) is 16.9. The predicted octanol–water partition coefficient (Wildman–Crippen LogP) is 3.03. The van der Waals surface area contributed by atoms with Gasteiger partial charge in [-0.3, -0.25) is 4.79 Å². The summed E-state index contributed by atoms with van der Waals surface area (Å²) < 4.78 is 32.8. The van der Waals surface area contributed by atoms with Crippen LogP contribution in [0.4, 0.5) is 0 Å². The van der Waals surface area contributed by atoms with Crippen LogP contribution in [0.5, 0.6) is 5.75 Å². The molecule has 0 radical (unpaired) electrons. The Hall–Kier alpha value is -1.40. The highest BCUT2D eigenvalue weighted by Gasteiger charge is 2.65. The second kappa shape index (κ2) is 6.64. The molecule has 26 heavy (non-hydrogen) atoms. The second-order valence-electron chi connectivity index (χ2n) is 8.41. The second-order valence-corrected chi connectivity index (χ2v) is 10.5. The number of carbonyl (C=O) groups is 1. The van der Waals surface area contributed by atoms with Gasteiger partial charge in [0, 0.05) is 25.4 Å². The lowest BCUT2D eigenvalue weighted by atomic mass is 9.70. The van der Waals surface area contributed by atoms with E-state index in [0.717, 1.165) is 17.7 Å². The van der Waals surface area contributed by atoms with E-state index < -0.39 is 15.4 Å². The molecule has 144 valence electrons. The van der Waals surface area contributed by atoms with Crippen LogP contribution in [-0.4, -0.2) is 44.5 Å². The van der Waals surface area contributed by atoms with Gasteiger partial charge in [0.15, 0.2) is 0 Å². The molecule has 0 aromatic heterocycles. The largest absolute Gasteiger partial charge is 0.492 e. The fraction of sp³-hybridized carbons (Fsp3) is 0.650. The summed E-state index contributed by atoms with van der Waals surface area (Å²) in [7, 11) is -1.95. The first-order valence-corrected chi connectivity index (χ1v) is 10.9. The summed E-state index contributed by atoms with van der Waals surface area (Å²) in [5, 5.41) is 0. The smallest absolute Gasteiger partial charge is 0.214 e. The van der Waals surface area contributed by atoms with Gasteiger partial charge in [-0.15, -0.1) is 0 Å². The lowest BCUT2D eigenvalue weighted by Crippen LogP contribution is -2.46. The van der Waals surface area contributed by atoms with Crippen LogP contribution in [0.15, 0.2) is 24.3 Å². The summed E-state index contributed by atoms with van der Waals surface area (Å²) >= 11 is 0. The number of fused-ring (bicyclic) bond motifs is 2. The number of carbonyl (C=O) groups excluding carboxylic acids is 1. The standard InChI is InChI=1S/C20H29NO4S/c1-15-5-7-17(8-6-15)25-12-11-21(4)26(23,24)14-20-10-9-16(13-18(20)22)19(20,2)3/h5-8,16H,9-14H2,1-4H3/t16-,20-/m1/s1. The van der Waals surface area contributed by atoms with Crippen molar-refractivity contribution in [2.24, 2.45) is 16.7 Å². The van der Waals surface area contributed by atoms with Gasteiger partial charge in [0.25, 0.3) is 0 Å². The van der Waals surface area contributed by atoms with Crippen LogP contribution < -0.4 is 4.74 Å². The molecule has 2 aliphatic carbocycles. The van der Waals surface area contributed by atoms with Crippen LogP contribution in [0, 0.1) is 23.7 Å². The first-order valence-electron chi connectivity index (χ1n) is 9.25. The van der Waals surface area contributed by atoms with Crippen LogP contribution in [0.1, 0.15) is 38.7 Å². The molecular formula is C20H29NO4S. The third-order valence-electron chi connectivity index (χ3n) is 6.74. The van der Waals surface area contributed by atoms with Crippen molar-refractivity contribution in [2.45, 2.75) is 40.0 Å². The van der Waals surface area contributed by atoms with E-state index in [1.54, 1.807) is 7.05 Å². The number of nitrogens with zero attached hydrogens (tertiary/aromatic N) is 1. The maximum atomic E-state index is 12.9. The molecule has 0 saturated heterocycles. The SMILES string of the molecule is Cc1ccc(OCCN(C)S(=O)(=O)C[C@]23CC[C@H](CC2=O)C3(C)C)cc1. The molecule has 1 aromatic rings. The predicted molar refractivity (Wildman–Crippen MR) is 102 cm³/mol. The molecular weight excluding hydrogens is 350 g/mol. The number of sulfonamides is 1. The third-order valence-corrected chi connectivity index (χ3v) is 8.73. The molecule has 2 bridgehead atoms. The van der Waals surface area contributed by atoms with Crippen molar-refractivity contribution in [1.82, 2.24) is 4.31 Å². The van der Waals surface area contributed by atoms with Crippen molar-refractivity contribution in [1.29, 1.82) is 0 Å². The average Bonchev–Trinajstić information content (AvgIpc) is 2.90. The van der Waals surface area contributed by atoms with Gasteiger partial charge in [0.05, 0.1) is 5.75 Å². The number of aryl methyl sites for hydroxylation is 1. The van der Waals surface area contributed by atoms with Crippen LogP contribution in [0.2, 0.25) is 0 Å². The lowest BCUT2D eigenvalue weighted by molar-refractivity contribution is -0.128. The van der Waals surface area contributed by atoms with E-state index in [0.29, 0.717) is 18.8 Å². The molecule has 2 aliphatic rings. The van der Waals surface area contributed by atoms with Gasteiger partial charge >= 0.3 is 0 Å². The molecule has 0 heterocycles. The fourth-order valence-corrected chi connectivity index (χ4v) is 6.47. The number of rotatable bonds is 7. The van der Waals surface area contributed by atoms with Gasteiger partial charge in [-0.05, 0) is 43.2 Å². The molecule has 0 aliphatic heterocycles. The molecule has 3 rings (SSSR count). The van der Waals surface area contributed by atoms with Crippen LogP contribution >= 0.6 is 0 Å². The van der Waals surface area contributed by atoms with Gasteiger partial charge in [-0.1, -0.05) is 31.5 Å². The van der Waals surface area contributed by atoms with Gasteiger partial charge in [-0.25, -0.2) is 12.7 Å². The molecule has 0 amide bonds. The van der Waals surface area contributed by atoms with Crippen molar-refractivity contribution in [3.05, 3.63) is 29.8 Å². The average molecular weight is 380 g/mol. The first kappa shape index (κ1) is 19.4. The van der Waals surface area contributed by atoms with Crippen LogP contribution in [-0.2, 0) is 14.8 Å². The number of ether oxygens (including phenoxy) is 1. The van der Waals surface area contributed by atoms with Gasteiger partial charge in [0.2, 0.25) is 10.0 Å². The molecule has 5 nitrogen and oxygen atoms in total. The Morgan fingerprint density at radius 2 is 1.88 bits per heavy atom. The van der Waals surface area contributed by atoms with Gasteiger partial charge in [0.1, 0.15) is 18.1 Å². The van der Waals surface area contributed by atoms with Crippen molar-refractivity contribution in [3.63, 3.8) is 0 Å². The Morgan fingerprint density at radius 3 is 2.42 bits per heavy atom. The molecule has 0 N–H and O–H groups in total. The van der Waals surface area contributed by atoms with Crippen molar-refractivity contribution in [3.8, 4) is 5.75 Å². The molecule has 0 spiro atoms. The summed E-state index contributed by atoms with van der Waals surface area (Å²) in [6.45, 7) is 6.68. The Bertz CT molecular complexity index is 785. The van der Waals surface area contributed by atoms with E-state index >= 15 is 0 Å².